The second-order valence-corrected chi connectivity index (χ2v) is 8.08. The van der Waals surface area contributed by atoms with Crippen LogP contribution < -0.4 is 5.32 Å². The number of sulfonamides is 1. The van der Waals surface area contributed by atoms with E-state index in [4.69, 9.17) is 0 Å². The quantitative estimate of drug-likeness (QED) is 0.869. The number of piperidine rings is 1. The lowest BCUT2D eigenvalue weighted by Crippen LogP contribution is -2.49. The Hall–Kier alpha value is -1.67. The van der Waals surface area contributed by atoms with Crippen molar-refractivity contribution in [1.29, 1.82) is 0 Å². The zero-order chi connectivity index (χ0) is 16.8. The van der Waals surface area contributed by atoms with E-state index in [-0.39, 0.29) is 41.5 Å². The number of carbonyl (C=O) groups is 2. The van der Waals surface area contributed by atoms with E-state index < -0.39 is 10.0 Å². The third-order valence-corrected chi connectivity index (χ3v) is 6.78. The maximum atomic E-state index is 13.0. The molecule has 1 aromatic rings. The normalized spacial score (nSPS) is 25.4. The Morgan fingerprint density at radius 1 is 1.35 bits per heavy atom. The molecule has 1 N–H and O–H groups in total. The van der Waals surface area contributed by atoms with Crippen molar-refractivity contribution in [2.45, 2.75) is 36.6 Å². The van der Waals surface area contributed by atoms with Gasteiger partial charge in [0.25, 0.3) is 5.91 Å². The monoisotopic (exact) mass is 339 g/mol. The van der Waals surface area contributed by atoms with Crippen molar-refractivity contribution >= 4 is 21.7 Å². The minimum absolute atomic E-state index is 0.110. The second kappa shape index (κ2) is 5.76. The van der Waals surface area contributed by atoms with Crippen molar-refractivity contribution in [3.8, 4) is 0 Å². The van der Waals surface area contributed by atoms with Crippen LogP contribution in [0, 0.1) is 5.92 Å². The summed E-state index contributed by atoms with van der Waals surface area (Å²) in [5.41, 5.74) is 0.294. The summed E-state index contributed by atoms with van der Waals surface area (Å²) < 4.78 is 28.9. The zero-order valence-corrected chi connectivity index (χ0v) is 14.1. The van der Waals surface area contributed by atoms with Gasteiger partial charge in [-0.2, -0.15) is 4.31 Å². The summed E-state index contributed by atoms with van der Waals surface area (Å²) in [6.07, 6.45) is 4.11. The van der Waals surface area contributed by atoms with Crippen molar-refractivity contribution < 1.29 is 18.0 Å². The van der Waals surface area contributed by atoms with Gasteiger partial charge in [-0.1, -0.05) is 6.42 Å². The maximum absolute atomic E-state index is 13.0. The van der Waals surface area contributed by atoms with Crippen LogP contribution in [0.15, 0.2) is 17.2 Å². The number of amides is 1. The Balaban J connectivity index is 1.96. The fourth-order valence-electron chi connectivity index (χ4n) is 3.70. The largest absolute Gasteiger partial charge is 0.354 e. The van der Waals surface area contributed by atoms with Gasteiger partial charge in [-0.15, -0.1) is 0 Å². The molecule has 1 saturated carbocycles. The first-order valence-corrected chi connectivity index (χ1v) is 9.23. The predicted molar refractivity (Wildman–Crippen MR) is 83.4 cm³/mol. The summed E-state index contributed by atoms with van der Waals surface area (Å²) in [6.45, 7) is 0.229. The number of rotatable bonds is 3. The van der Waals surface area contributed by atoms with Gasteiger partial charge in [-0.3, -0.25) is 9.59 Å². The van der Waals surface area contributed by atoms with Crippen molar-refractivity contribution in [3.05, 3.63) is 18.0 Å². The molecule has 1 saturated heterocycles. The minimum atomic E-state index is -3.70. The van der Waals surface area contributed by atoms with Crippen LogP contribution in [0.5, 0.6) is 0 Å². The third kappa shape index (κ3) is 2.59. The number of nitrogens with one attached hydrogen (secondary N) is 1. The van der Waals surface area contributed by atoms with Crippen molar-refractivity contribution in [3.63, 3.8) is 0 Å². The molecule has 8 heteroatoms. The van der Waals surface area contributed by atoms with Crippen LogP contribution in [-0.4, -0.2) is 48.6 Å². The second-order valence-electron chi connectivity index (χ2n) is 6.19. The number of fused-ring (bicyclic) bond motifs is 1. The summed E-state index contributed by atoms with van der Waals surface area (Å²) in [6, 6.07) is 1.17. The first-order valence-electron chi connectivity index (χ1n) is 7.79. The Morgan fingerprint density at radius 3 is 2.78 bits per heavy atom. The van der Waals surface area contributed by atoms with E-state index in [2.05, 4.69) is 5.32 Å². The number of Topliss-reactive ketones (excluding diaryl/α,β-unsaturated/α-hetero) is 1. The molecule has 0 radical (unpaired) electrons. The summed E-state index contributed by atoms with van der Waals surface area (Å²) in [5.74, 6) is -0.319. The van der Waals surface area contributed by atoms with Gasteiger partial charge >= 0.3 is 0 Å². The molecule has 2 aliphatic rings. The van der Waals surface area contributed by atoms with Gasteiger partial charge in [0.1, 0.15) is 16.4 Å². The smallest absolute Gasteiger partial charge is 0.267 e. The number of ketones is 1. The molecule has 0 spiro atoms. The summed E-state index contributed by atoms with van der Waals surface area (Å²) in [7, 11) is -0.559. The molecule has 0 aromatic carbocycles. The fourth-order valence-corrected chi connectivity index (χ4v) is 5.46. The Bertz CT molecular complexity index is 753. The predicted octanol–water partition coefficient (Wildman–Crippen LogP) is 0.517. The van der Waals surface area contributed by atoms with E-state index in [9.17, 15) is 18.0 Å². The summed E-state index contributed by atoms with van der Waals surface area (Å²) in [5, 5.41) is 2.50. The molecule has 1 amide bonds. The van der Waals surface area contributed by atoms with E-state index in [0.29, 0.717) is 5.69 Å². The number of aryl methyl sites for hydroxylation is 1. The lowest BCUT2D eigenvalue weighted by atomic mass is 9.92. The highest BCUT2D eigenvalue weighted by Gasteiger charge is 2.45. The lowest BCUT2D eigenvalue weighted by Gasteiger charge is -2.35. The van der Waals surface area contributed by atoms with E-state index >= 15 is 0 Å². The number of hydrogen-bond donors (Lipinski definition) is 1. The van der Waals surface area contributed by atoms with Crippen molar-refractivity contribution in [2.75, 3.05) is 13.6 Å². The van der Waals surface area contributed by atoms with Gasteiger partial charge < -0.3 is 9.88 Å². The molecule has 23 heavy (non-hydrogen) atoms. The number of nitrogens with zero attached hydrogens (tertiary/aromatic N) is 2. The highest BCUT2D eigenvalue weighted by molar-refractivity contribution is 7.89. The molecular weight excluding hydrogens is 318 g/mol. The topological polar surface area (TPSA) is 88.5 Å². The third-order valence-electron chi connectivity index (χ3n) is 4.89. The van der Waals surface area contributed by atoms with Gasteiger partial charge in [0.15, 0.2) is 0 Å². The van der Waals surface area contributed by atoms with Crippen LogP contribution in [0.3, 0.4) is 0 Å². The molecule has 126 valence electrons. The van der Waals surface area contributed by atoms with Crippen molar-refractivity contribution in [1.82, 2.24) is 14.2 Å². The molecular formula is C15H21N3O4S. The lowest BCUT2D eigenvalue weighted by molar-refractivity contribution is -0.126. The van der Waals surface area contributed by atoms with Gasteiger partial charge in [-0.05, 0) is 18.9 Å². The number of carbonyl (C=O) groups excluding carboxylic acids is 2. The average molecular weight is 339 g/mol. The maximum Gasteiger partial charge on any atom is 0.267 e. The Labute approximate surface area is 135 Å². The summed E-state index contributed by atoms with van der Waals surface area (Å²) in [4.78, 5) is 23.9. The van der Waals surface area contributed by atoms with Crippen LogP contribution in [0.25, 0.3) is 0 Å². The highest BCUT2D eigenvalue weighted by atomic mass is 32.2. The van der Waals surface area contributed by atoms with E-state index in [1.807, 2.05) is 0 Å². The van der Waals surface area contributed by atoms with Gasteiger partial charge in [-0.25, -0.2) is 8.42 Å². The Morgan fingerprint density at radius 2 is 2.09 bits per heavy atom. The van der Waals surface area contributed by atoms with Crippen LogP contribution in [-0.2, 0) is 21.9 Å². The number of aromatic nitrogens is 1. The molecule has 1 aliphatic carbocycles. The fraction of sp³-hybridized carbons (Fsp3) is 0.600. The Kier molecular flexibility index (Phi) is 4.05. The van der Waals surface area contributed by atoms with Crippen molar-refractivity contribution in [2.24, 2.45) is 13.0 Å². The minimum Gasteiger partial charge on any atom is -0.354 e. The molecule has 2 heterocycles. The molecule has 1 aromatic heterocycles. The molecule has 7 nitrogen and oxygen atoms in total. The zero-order valence-electron chi connectivity index (χ0n) is 13.3. The average Bonchev–Trinajstić information content (AvgIpc) is 3.14. The van der Waals surface area contributed by atoms with E-state index in [1.165, 1.54) is 28.2 Å². The van der Waals surface area contributed by atoms with Crippen LogP contribution in [0.1, 0.15) is 36.2 Å². The molecule has 0 unspecified atom stereocenters. The highest BCUT2D eigenvalue weighted by Crippen LogP contribution is 2.37. The molecule has 2 fully saturated rings. The summed E-state index contributed by atoms with van der Waals surface area (Å²) >= 11 is 0. The number of hydrogen-bond acceptors (Lipinski definition) is 4. The standard InChI is InChI=1S/C15H21N3O4S/c1-16-15(20)13-8-10(9-17(13)2)23(21,22)18-7-6-14(19)11-4-3-5-12(11)18/h8-9,11-12H,3-7H2,1-2H3,(H,16,20)/t11-,12-/m0/s1. The molecule has 1 aliphatic heterocycles. The molecule has 3 rings (SSSR count). The van der Waals surface area contributed by atoms with Gasteiger partial charge in [0.05, 0.1) is 0 Å². The molecule has 0 bridgehead atoms. The SMILES string of the molecule is CNC(=O)c1cc(S(=O)(=O)N2CCC(=O)[C@H]3CCC[C@@H]32)cn1C. The van der Waals surface area contributed by atoms with Crippen LogP contribution in [0.2, 0.25) is 0 Å². The van der Waals surface area contributed by atoms with E-state index in [1.54, 1.807) is 7.05 Å². The van der Waals surface area contributed by atoms with Crippen LogP contribution in [0.4, 0.5) is 0 Å². The van der Waals surface area contributed by atoms with Crippen LogP contribution >= 0.6 is 0 Å². The van der Waals surface area contributed by atoms with Gasteiger partial charge in [0, 0.05) is 45.2 Å². The van der Waals surface area contributed by atoms with E-state index in [0.717, 1.165) is 19.3 Å². The first-order chi connectivity index (χ1) is 10.9. The van der Waals surface area contributed by atoms with Gasteiger partial charge in [0.2, 0.25) is 10.0 Å². The molecule has 2 atom stereocenters. The first kappa shape index (κ1) is 16.2.